The maximum Gasteiger partial charge on any atom is 0.235 e. The van der Waals surface area contributed by atoms with Gasteiger partial charge >= 0.3 is 0 Å². The van der Waals surface area contributed by atoms with E-state index in [1.807, 2.05) is 6.20 Å². The van der Waals surface area contributed by atoms with Gasteiger partial charge in [0.15, 0.2) is 5.16 Å². The van der Waals surface area contributed by atoms with Crippen LogP contribution >= 0.6 is 23.1 Å². The number of aryl methyl sites for hydroxylation is 2. The summed E-state index contributed by atoms with van der Waals surface area (Å²) >= 11 is 3.01. The summed E-state index contributed by atoms with van der Waals surface area (Å²) in [5.74, 6) is 0.220. The number of aromatic nitrogens is 2. The third-order valence-electron chi connectivity index (χ3n) is 4.26. The molecule has 7 heteroatoms. The molecule has 132 valence electrons. The van der Waals surface area contributed by atoms with Crippen LogP contribution in [0.15, 0.2) is 17.6 Å². The molecule has 1 amide bonds. The zero-order chi connectivity index (χ0) is 17.6. The summed E-state index contributed by atoms with van der Waals surface area (Å²) in [5, 5.41) is 14.1. The van der Waals surface area contributed by atoms with Crippen LogP contribution in [0.25, 0.3) is 0 Å². The molecule has 3 rings (SSSR count). The van der Waals surface area contributed by atoms with Gasteiger partial charge in [-0.3, -0.25) is 4.79 Å². The Balaban J connectivity index is 1.65. The molecule has 0 atom stereocenters. The van der Waals surface area contributed by atoms with Gasteiger partial charge in [0.2, 0.25) is 5.91 Å². The van der Waals surface area contributed by atoms with Crippen LogP contribution < -0.4 is 5.32 Å². The summed E-state index contributed by atoms with van der Waals surface area (Å²) < 4.78 is 2.06. The van der Waals surface area contributed by atoms with Crippen LogP contribution in [0, 0.1) is 11.3 Å². The van der Waals surface area contributed by atoms with Crippen LogP contribution in [-0.2, 0) is 24.2 Å². The molecule has 0 saturated carbocycles. The molecule has 5 nitrogen and oxygen atoms in total. The summed E-state index contributed by atoms with van der Waals surface area (Å²) in [6, 6.07) is 2.30. The van der Waals surface area contributed by atoms with E-state index in [1.54, 1.807) is 17.5 Å². The van der Waals surface area contributed by atoms with Crippen molar-refractivity contribution in [2.24, 2.45) is 0 Å². The number of amides is 1. The van der Waals surface area contributed by atoms with Gasteiger partial charge in [-0.15, -0.1) is 11.3 Å². The largest absolute Gasteiger partial charge is 0.326 e. The number of rotatable bonds is 6. The van der Waals surface area contributed by atoms with Gasteiger partial charge in [-0.2, -0.15) is 5.26 Å². The van der Waals surface area contributed by atoms with E-state index in [1.165, 1.54) is 29.5 Å². The molecule has 0 radical (unpaired) electrons. The smallest absolute Gasteiger partial charge is 0.235 e. The Morgan fingerprint density at radius 1 is 1.44 bits per heavy atom. The lowest BCUT2D eigenvalue weighted by Gasteiger charge is -2.06. The monoisotopic (exact) mass is 374 g/mol. The van der Waals surface area contributed by atoms with Gasteiger partial charge in [-0.05, 0) is 37.7 Å². The summed E-state index contributed by atoms with van der Waals surface area (Å²) in [6.45, 7) is 3.02. The topological polar surface area (TPSA) is 70.7 Å². The number of carbonyl (C=O) groups excluding carboxylic acids is 1. The van der Waals surface area contributed by atoms with Crippen LogP contribution in [-0.4, -0.2) is 21.2 Å². The highest BCUT2D eigenvalue weighted by molar-refractivity contribution is 7.99. The molecule has 0 unspecified atom stereocenters. The normalized spacial score (nSPS) is 13.8. The summed E-state index contributed by atoms with van der Waals surface area (Å²) in [5.41, 5.74) is 1.83. The summed E-state index contributed by atoms with van der Waals surface area (Å²) in [6.07, 6.45) is 10.2. The minimum Gasteiger partial charge on any atom is -0.326 e. The van der Waals surface area contributed by atoms with E-state index in [-0.39, 0.29) is 5.91 Å². The summed E-state index contributed by atoms with van der Waals surface area (Å²) in [4.78, 5) is 17.9. The lowest BCUT2D eigenvalue weighted by atomic mass is 10.1. The lowest BCUT2D eigenvalue weighted by Crippen LogP contribution is -2.14. The molecule has 2 aromatic rings. The Morgan fingerprint density at radius 3 is 3.08 bits per heavy atom. The Labute approximate surface area is 156 Å². The molecule has 2 aromatic heterocycles. The van der Waals surface area contributed by atoms with Gasteiger partial charge in [-0.25, -0.2) is 4.98 Å². The van der Waals surface area contributed by atoms with Crippen LogP contribution in [0.1, 0.15) is 48.6 Å². The number of anilines is 1. The molecule has 0 saturated heterocycles. The van der Waals surface area contributed by atoms with Crippen LogP contribution in [0.3, 0.4) is 0 Å². The molecule has 0 aromatic carbocycles. The van der Waals surface area contributed by atoms with Gasteiger partial charge < -0.3 is 9.88 Å². The predicted octanol–water partition coefficient (Wildman–Crippen LogP) is 4.23. The predicted molar refractivity (Wildman–Crippen MR) is 102 cm³/mol. The second-order valence-electron chi connectivity index (χ2n) is 6.12. The quantitative estimate of drug-likeness (QED) is 0.607. The third-order valence-corrected chi connectivity index (χ3v) is 6.47. The van der Waals surface area contributed by atoms with Gasteiger partial charge in [0.05, 0.1) is 11.3 Å². The van der Waals surface area contributed by atoms with E-state index >= 15 is 0 Å². The van der Waals surface area contributed by atoms with E-state index in [0.29, 0.717) is 11.3 Å². The first kappa shape index (κ1) is 18.0. The molecular weight excluding hydrogens is 352 g/mol. The maximum absolute atomic E-state index is 12.4. The van der Waals surface area contributed by atoms with Crippen molar-refractivity contribution >= 4 is 34.0 Å². The first-order chi connectivity index (χ1) is 12.2. The zero-order valence-corrected chi connectivity index (χ0v) is 16.0. The van der Waals surface area contributed by atoms with Crippen molar-refractivity contribution < 1.29 is 4.79 Å². The summed E-state index contributed by atoms with van der Waals surface area (Å²) in [7, 11) is 0. The Hall–Kier alpha value is -1.78. The molecule has 1 aliphatic carbocycles. The fourth-order valence-electron chi connectivity index (χ4n) is 3.09. The third kappa shape index (κ3) is 4.25. The molecule has 1 N–H and O–H groups in total. The van der Waals surface area contributed by atoms with E-state index in [0.717, 1.165) is 47.9 Å². The average molecular weight is 375 g/mol. The first-order valence-corrected chi connectivity index (χ1v) is 10.5. The highest BCUT2D eigenvalue weighted by Crippen LogP contribution is 2.37. The fourth-order valence-corrected chi connectivity index (χ4v) is 5.13. The Morgan fingerprint density at radius 2 is 2.28 bits per heavy atom. The second-order valence-corrected chi connectivity index (χ2v) is 8.17. The van der Waals surface area contributed by atoms with Crippen molar-refractivity contribution in [1.29, 1.82) is 5.26 Å². The van der Waals surface area contributed by atoms with Gasteiger partial charge in [0, 0.05) is 23.8 Å². The number of nitriles is 1. The lowest BCUT2D eigenvalue weighted by molar-refractivity contribution is -0.113. The highest BCUT2D eigenvalue weighted by Gasteiger charge is 2.21. The van der Waals surface area contributed by atoms with Crippen molar-refractivity contribution in [3.63, 3.8) is 0 Å². The van der Waals surface area contributed by atoms with Crippen molar-refractivity contribution in [3.05, 3.63) is 28.4 Å². The SMILES string of the molecule is CCCn1ccnc1SCC(=O)Nc1sc2c(c1C#N)CCCCC2. The average Bonchev–Trinajstić information content (AvgIpc) is 3.10. The number of hydrogen-bond donors (Lipinski definition) is 1. The standard InChI is InChI=1S/C18H22N4OS2/c1-2-9-22-10-8-20-18(22)24-12-16(23)21-17-14(11-19)13-6-4-3-5-7-15(13)25-17/h8,10H,2-7,9,12H2,1H3,(H,21,23). The molecule has 0 aliphatic heterocycles. The maximum atomic E-state index is 12.4. The van der Waals surface area contributed by atoms with E-state index in [9.17, 15) is 10.1 Å². The number of fused-ring (bicyclic) bond motifs is 1. The molecule has 0 bridgehead atoms. The van der Waals surface area contributed by atoms with Crippen molar-refractivity contribution in [2.75, 3.05) is 11.1 Å². The van der Waals surface area contributed by atoms with E-state index < -0.39 is 0 Å². The van der Waals surface area contributed by atoms with E-state index in [2.05, 4.69) is 27.9 Å². The molecular formula is C18H22N4OS2. The molecule has 2 heterocycles. The Kier molecular flexibility index (Phi) is 6.16. The number of thiophene rings is 1. The Bertz CT molecular complexity index is 788. The number of carbonyl (C=O) groups is 1. The second kappa shape index (κ2) is 8.54. The van der Waals surface area contributed by atoms with Gasteiger partial charge in [-0.1, -0.05) is 25.1 Å². The molecule has 0 spiro atoms. The van der Waals surface area contributed by atoms with Crippen LogP contribution in [0.2, 0.25) is 0 Å². The zero-order valence-electron chi connectivity index (χ0n) is 14.4. The van der Waals surface area contributed by atoms with Crippen molar-refractivity contribution in [1.82, 2.24) is 9.55 Å². The highest BCUT2D eigenvalue weighted by atomic mass is 32.2. The van der Waals surface area contributed by atoms with Crippen LogP contribution in [0.5, 0.6) is 0 Å². The number of hydrogen-bond acceptors (Lipinski definition) is 5. The number of thioether (sulfide) groups is 1. The van der Waals surface area contributed by atoms with Gasteiger partial charge in [0.1, 0.15) is 11.1 Å². The van der Waals surface area contributed by atoms with Crippen LogP contribution in [0.4, 0.5) is 5.00 Å². The molecule has 25 heavy (non-hydrogen) atoms. The minimum atomic E-state index is -0.0797. The van der Waals surface area contributed by atoms with Crippen molar-refractivity contribution in [3.8, 4) is 6.07 Å². The minimum absolute atomic E-state index is 0.0797. The number of imidazole rings is 1. The van der Waals surface area contributed by atoms with Gasteiger partial charge in [0.25, 0.3) is 0 Å². The number of nitrogens with one attached hydrogen (secondary N) is 1. The molecule has 1 aliphatic rings. The fraction of sp³-hybridized carbons (Fsp3) is 0.500. The first-order valence-electron chi connectivity index (χ1n) is 8.71. The molecule has 0 fully saturated rings. The van der Waals surface area contributed by atoms with E-state index in [4.69, 9.17) is 0 Å². The van der Waals surface area contributed by atoms with Crippen molar-refractivity contribution in [2.45, 2.75) is 57.1 Å². The number of nitrogens with zero attached hydrogens (tertiary/aromatic N) is 3.